The number of carbonyl (C=O) groups is 2. The van der Waals surface area contributed by atoms with Gasteiger partial charge in [0, 0.05) is 38.1 Å². The van der Waals surface area contributed by atoms with Crippen molar-refractivity contribution in [1.29, 1.82) is 0 Å². The molecular formula is C14H20N4O3. The van der Waals surface area contributed by atoms with Gasteiger partial charge in [0.2, 0.25) is 11.8 Å². The summed E-state index contributed by atoms with van der Waals surface area (Å²) in [4.78, 5) is 39.5. The minimum atomic E-state index is -0.909. The van der Waals surface area contributed by atoms with Gasteiger partial charge in [-0.15, -0.1) is 0 Å². The Bertz CT molecular complexity index is 635. The van der Waals surface area contributed by atoms with Crippen molar-refractivity contribution >= 4 is 17.5 Å². The third kappa shape index (κ3) is 2.76. The maximum absolute atomic E-state index is 12.5. The van der Waals surface area contributed by atoms with Gasteiger partial charge in [0.1, 0.15) is 12.1 Å². The molecule has 1 aliphatic rings. The summed E-state index contributed by atoms with van der Waals surface area (Å²) in [5, 5.41) is 0. The van der Waals surface area contributed by atoms with Gasteiger partial charge in [-0.25, -0.2) is 0 Å². The third-order valence-electron chi connectivity index (χ3n) is 3.82. The number of aromatic nitrogens is 1. The molecule has 0 bridgehead atoms. The van der Waals surface area contributed by atoms with Crippen LogP contribution in [0.25, 0.3) is 0 Å². The summed E-state index contributed by atoms with van der Waals surface area (Å²) in [6.07, 6.45) is 1.44. The summed E-state index contributed by atoms with van der Waals surface area (Å²) >= 11 is 0. The van der Waals surface area contributed by atoms with Gasteiger partial charge in [-0.1, -0.05) is 0 Å². The van der Waals surface area contributed by atoms with Crippen molar-refractivity contribution in [1.82, 2.24) is 14.4 Å². The summed E-state index contributed by atoms with van der Waals surface area (Å²) < 4.78 is 1.26. The van der Waals surface area contributed by atoms with E-state index < -0.39 is 5.54 Å². The van der Waals surface area contributed by atoms with Crippen LogP contribution in [0.2, 0.25) is 0 Å². The highest BCUT2D eigenvalue weighted by Crippen LogP contribution is 2.22. The average molecular weight is 292 g/mol. The molecule has 1 fully saturated rings. The Hall–Kier alpha value is -2.31. The number of likely N-dealkylation sites (N-methyl/N-ethyl adjacent to an activating group) is 1. The highest BCUT2D eigenvalue weighted by Gasteiger charge is 2.42. The van der Waals surface area contributed by atoms with E-state index in [1.165, 1.54) is 27.8 Å². The molecule has 114 valence electrons. The second kappa shape index (κ2) is 5.23. The highest BCUT2D eigenvalue weighted by atomic mass is 16.2. The van der Waals surface area contributed by atoms with Crippen LogP contribution in [0.4, 0.5) is 5.69 Å². The molecule has 1 aliphatic heterocycles. The summed E-state index contributed by atoms with van der Waals surface area (Å²) in [7, 11) is 1.72. The molecule has 2 heterocycles. The third-order valence-corrected chi connectivity index (χ3v) is 3.82. The maximum atomic E-state index is 12.5. The minimum absolute atomic E-state index is 0.109. The Kier molecular flexibility index (Phi) is 3.76. The van der Waals surface area contributed by atoms with Crippen molar-refractivity contribution in [2.75, 3.05) is 25.9 Å². The van der Waals surface area contributed by atoms with Crippen LogP contribution in [0, 0.1) is 0 Å². The van der Waals surface area contributed by atoms with Gasteiger partial charge in [0.15, 0.2) is 0 Å². The van der Waals surface area contributed by atoms with Gasteiger partial charge >= 0.3 is 0 Å². The first-order valence-electron chi connectivity index (χ1n) is 6.75. The molecule has 0 aliphatic carbocycles. The van der Waals surface area contributed by atoms with Crippen molar-refractivity contribution < 1.29 is 9.59 Å². The lowest BCUT2D eigenvalue weighted by Gasteiger charge is -2.44. The maximum Gasteiger partial charge on any atom is 0.251 e. The molecule has 21 heavy (non-hydrogen) atoms. The summed E-state index contributed by atoms with van der Waals surface area (Å²) in [6.45, 7) is 4.24. The second-order valence-electron chi connectivity index (χ2n) is 5.76. The van der Waals surface area contributed by atoms with Crippen LogP contribution in [0.5, 0.6) is 0 Å². The number of carbonyl (C=O) groups excluding carboxylic acids is 2. The zero-order valence-corrected chi connectivity index (χ0v) is 12.5. The van der Waals surface area contributed by atoms with Gasteiger partial charge in [-0.2, -0.15) is 0 Å². The van der Waals surface area contributed by atoms with E-state index in [0.29, 0.717) is 18.8 Å². The van der Waals surface area contributed by atoms with Crippen LogP contribution in [-0.4, -0.2) is 51.9 Å². The largest absolute Gasteiger partial charge is 0.398 e. The van der Waals surface area contributed by atoms with E-state index in [4.69, 9.17) is 5.73 Å². The first kappa shape index (κ1) is 15.1. The lowest BCUT2D eigenvalue weighted by molar-refractivity contribution is -0.157. The molecule has 2 N–H and O–H groups in total. The fraction of sp³-hybridized carbons (Fsp3) is 0.500. The predicted octanol–water partition coefficient (Wildman–Crippen LogP) is -0.490. The summed E-state index contributed by atoms with van der Waals surface area (Å²) in [5.74, 6) is -0.379. The number of pyridine rings is 1. The van der Waals surface area contributed by atoms with Gasteiger partial charge in [0.05, 0.1) is 0 Å². The number of anilines is 1. The summed E-state index contributed by atoms with van der Waals surface area (Å²) in [5.41, 5.74) is 4.84. The quantitative estimate of drug-likeness (QED) is 0.796. The van der Waals surface area contributed by atoms with E-state index in [-0.39, 0.29) is 23.9 Å². The Morgan fingerprint density at radius 2 is 1.95 bits per heavy atom. The molecule has 0 spiro atoms. The van der Waals surface area contributed by atoms with E-state index in [0.717, 1.165) is 0 Å². The van der Waals surface area contributed by atoms with E-state index >= 15 is 0 Å². The molecule has 0 saturated carbocycles. The van der Waals surface area contributed by atoms with Crippen LogP contribution in [0.1, 0.15) is 13.8 Å². The zero-order chi connectivity index (χ0) is 15.8. The van der Waals surface area contributed by atoms with Gasteiger partial charge < -0.3 is 20.1 Å². The number of rotatable bonds is 2. The number of nitrogens with two attached hydrogens (primary N) is 1. The molecule has 1 aromatic rings. The number of piperazine rings is 1. The zero-order valence-electron chi connectivity index (χ0n) is 12.5. The van der Waals surface area contributed by atoms with Crippen molar-refractivity contribution in [3.05, 3.63) is 28.7 Å². The minimum Gasteiger partial charge on any atom is -0.398 e. The van der Waals surface area contributed by atoms with E-state index in [1.54, 1.807) is 25.8 Å². The number of nitrogens with zero attached hydrogens (tertiary/aromatic N) is 3. The molecule has 0 atom stereocenters. The summed E-state index contributed by atoms with van der Waals surface area (Å²) in [6, 6.07) is 2.81. The van der Waals surface area contributed by atoms with Crippen LogP contribution in [0.15, 0.2) is 23.1 Å². The second-order valence-corrected chi connectivity index (χ2v) is 5.76. The average Bonchev–Trinajstić information content (AvgIpc) is 2.40. The fourth-order valence-electron chi connectivity index (χ4n) is 2.55. The molecule has 1 aromatic heterocycles. The Morgan fingerprint density at radius 3 is 2.62 bits per heavy atom. The van der Waals surface area contributed by atoms with Crippen molar-refractivity contribution in [3.8, 4) is 0 Å². The SMILES string of the molecule is CN1CCN(C(=O)Cn2cc(N)ccc2=O)C(C)(C)C1=O. The van der Waals surface area contributed by atoms with Crippen molar-refractivity contribution in [3.63, 3.8) is 0 Å². The van der Waals surface area contributed by atoms with Crippen molar-refractivity contribution in [2.24, 2.45) is 0 Å². The van der Waals surface area contributed by atoms with Gasteiger partial charge in [-0.05, 0) is 19.9 Å². The molecule has 1 saturated heterocycles. The fourth-order valence-corrected chi connectivity index (χ4v) is 2.55. The van der Waals surface area contributed by atoms with Gasteiger partial charge in [-0.3, -0.25) is 14.4 Å². The smallest absolute Gasteiger partial charge is 0.251 e. The lowest BCUT2D eigenvalue weighted by Crippen LogP contribution is -2.64. The van der Waals surface area contributed by atoms with Crippen LogP contribution < -0.4 is 11.3 Å². The lowest BCUT2D eigenvalue weighted by atomic mass is 9.97. The van der Waals surface area contributed by atoms with E-state index in [1.807, 2.05) is 0 Å². The standard InChI is InChI=1S/C14H20N4O3/c1-14(2)13(21)16(3)6-7-18(14)12(20)9-17-8-10(15)4-5-11(17)19/h4-5,8H,6-7,9,15H2,1-3H3. The molecule has 0 unspecified atom stereocenters. The molecule has 0 radical (unpaired) electrons. The number of nitrogen functional groups attached to an aromatic ring is 1. The first-order valence-corrected chi connectivity index (χ1v) is 6.75. The monoisotopic (exact) mass is 292 g/mol. The van der Waals surface area contributed by atoms with Crippen LogP contribution in [-0.2, 0) is 16.1 Å². The number of amides is 2. The molecule has 2 rings (SSSR count). The van der Waals surface area contributed by atoms with E-state index in [2.05, 4.69) is 0 Å². The molecule has 0 aromatic carbocycles. The number of hydrogen-bond donors (Lipinski definition) is 1. The normalized spacial score (nSPS) is 18.0. The molecule has 2 amide bonds. The number of hydrogen-bond acceptors (Lipinski definition) is 4. The Balaban J connectivity index is 2.22. The highest BCUT2D eigenvalue weighted by molar-refractivity contribution is 5.91. The first-order chi connectivity index (χ1) is 9.73. The van der Waals surface area contributed by atoms with Gasteiger partial charge in [0.25, 0.3) is 5.56 Å². The topological polar surface area (TPSA) is 88.6 Å². The van der Waals surface area contributed by atoms with E-state index in [9.17, 15) is 14.4 Å². The molecule has 7 nitrogen and oxygen atoms in total. The Morgan fingerprint density at radius 1 is 1.29 bits per heavy atom. The molecular weight excluding hydrogens is 272 g/mol. The Labute approximate surface area is 122 Å². The van der Waals surface area contributed by atoms with Crippen LogP contribution >= 0.6 is 0 Å². The molecule has 7 heteroatoms. The van der Waals surface area contributed by atoms with Crippen LogP contribution in [0.3, 0.4) is 0 Å². The predicted molar refractivity (Wildman–Crippen MR) is 78.5 cm³/mol. The van der Waals surface area contributed by atoms with Crippen molar-refractivity contribution in [2.45, 2.75) is 25.9 Å².